The molecule has 2 aliphatic rings. The molecule has 1 saturated heterocycles. The van der Waals surface area contributed by atoms with Gasteiger partial charge in [-0.2, -0.15) is 5.10 Å². The number of rotatable bonds is 7. The van der Waals surface area contributed by atoms with Crippen molar-refractivity contribution in [2.45, 2.75) is 31.8 Å². The predicted octanol–water partition coefficient (Wildman–Crippen LogP) is -0.273. The van der Waals surface area contributed by atoms with E-state index >= 15 is 0 Å². The number of β-lactam (4-membered cyclic amide) rings is 1. The Kier molecular flexibility index (Phi) is 5.78. The summed E-state index contributed by atoms with van der Waals surface area (Å²) in [5.74, 6) is -3.31. The van der Waals surface area contributed by atoms with Crippen molar-refractivity contribution in [3.05, 3.63) is 33.3 Å². The lowest BCUT2D eigenvalue weighted by Crippen LogP contribution is -2.70. The van der Waals surface area contributed by atoms with Gasteiger partial charge in [0.15, 0.2) is 0 Å². The van der Waals surface area contributed by atoms with E-state index < -0.39 is 45.8 Å². The summed E-state index contributed by atoms with van der Waals surface area (Å²) in [5, 5.41) is 26.2. The molecule has 2 amide bonds. The van der Waals surface area contributed by atoms with Crippen molar-refractivity contribution < 1.29 is 33.9 Å². The van der Waals surface area contributed by atoms with E-state index in [1.807, 2.05) is 0 Å². The monoisotopic (exact) mass is 439 g/mol. The average molecular weight is 439 g/mol. The Morgan fingerprint density at radius 3 is 2.73 bits per heavy atom. The van der Waals surface area contributed by atoms with Gasteiger partial charge in [-0.3, -0.25) is 34.1 Å². The molecule has 2 N–H and O–H groups in total. The van der Waals surface area contributed by atoms with Crippen molar-refractivity contribution in [1.29, 1.82) is 0 Å². The summed E-state index contributed by atoms with van der Waals surface area (Å²) in [6, 6.07) is -1.06. The van der Waals surface area contributed by atoms with E-state index in [4.69, 9.17) is 4.74 Å². The number of aliphatic carboxylic acids is 1. The standard InChI is InChI=1S/C16H17N5O8S/c1-3-19-12(9(4-17-19)21(27)28)13(23)18-10-14(24)20-11(16(25)26)8(5-29-7(2)22)6-30-15(10)20/h4,10,15H,3,5-6H2,1-2H3,(H,18,23)(H,25,26). The van der Waals surface area contributed by atoms with Gasteiger partial charge in [0, 0.05) is 24.8 Å². The fourth-order valence-corrected chi connectivity index (χ4v) is 4.50. The number of aryl methyl sites for hydroxylation is 1. The van der Waals surface area contributed by atoms with Gasteiger partial charge < -0.3 is 15.2 Å². The van der Waals surface area contributed by atoms with Crippen LogP contribution in [0.3, 0.4) is 0 Å². The molecule has 1 fully saturated rings. The molecule has 13 nitrogen and oxygen atoms in total. The number of carboxylic acid groups (broad SMARTS) is 1. The number of carbonyl (C=O) groups is 4. The lowest BCUT2D eigenvalue weighted by molar-refractivity contribution is -0.385. The molecule has 1 aromatic heterocycles. The number of thioether (sulfide) groups is 1. The van der Waals surface area contributed by atoms with Crippen LogP contribution in [-0.4, -0.2) is 72.2 Å². The molecule has 2 unspecified atom stereocenters. The summed E-state index contributed by atoms with van der Waals surface area (Å²) in [4.78, 5) is 59.4. The van der Waals surface area contributed by atoms with Gasteiger partial charge in [0.05, 0.1) is 4.92 Å². The van der Waals surface area contributed by atoms with Crippen molar-refractivity contribution in [3.8, 4) is 0 Å². The highest BCUT2D eigenvalue weighted by molar-refractivity contribution is 8.00. The number of amides is 2. The van der Waals surface area contributed by atoms with E-state index in [9.17, 15) is 34.4 Å². The number of carboxylic acids is 1. The predicted molar refractivity (Wildman–Crippen MR) is 100 cm³/mol. The summed E-state index contributed by atoms with van der Waals surface area (Å²) in [6.07, 6.45) is 0.954. The first-order valence-corrected chi connectivity index (χ1v) is 9.76. The molecule has 1 aromatic rings. The quantitative estimate of drug-likeness (QED) is 0.249. The fraction of sp³-hybridized carbons (Fsp3) is 0.438. The van der Waals surface area contributed by atoms with Crippen LogP contribution in [0.5, 0.6) is 0 Å². The maximum absolute atomic E-state index is 12.6. The van der Waals surface area contributed by atoms with E-state index in [0.717, 1.165) is 15.8 Å². The number of hydrogen-bond donors (Lipinski definition) is 2. The van der Waals surface area contributed by atoms with Gasteiger partial charge in [-0.15, -0.1) is 11.8 Å². The molecule has 14 heteroatoms. The molecule has 3 heterocycles. The zero-order valence-electron chi connectivity index (χ0n) is 15.9. The highest BCUT2D eigenvalue weighted by Crippen LogP contribution is 2.40. The van der Waals surface area contributed by atoms with Gasteiger partial charge in [0.1, 0.15) is 29.9 Å². The number of aromatic nitrogens is 2. The average Bonchev–Trinajstić information content (AvgIpc) is 3.13. The number of nitrogens with one attached hydrogen (secondary N) is 1. The Bertz CT molecular complexity index is 986. The normalized spacial score (nSPS) is 20.3. The second-order valence-corrected chi connectivity index (χ2v) is 7.45. The summed E-state index contributed by atoms with van der Waals surface area (Å²) in [6.45, 7) is 2.76. The molecule has 0 bridgehead atoms. The molecule has 0 aliphatic carbocycles. The topological polar surface area (TPSA) is 174 Å². The number of ether oxygens (including phenoxy) is 1. The molecular formula is C16H17N5O8S. The van der Waals surface area contributed by atoms with Gasteiger partial charge in [-0.25, -0.2) is 4.79 Å². The van der Waals surface area contributed by atoms with Crippen LogP contribution >= 0.6 is 11.8 Å². The number of nitro groups is 1. The van der Waals surface area contributed by atoms with Crippen molar-refractivity contribution in [1.82, 2.24) is 20.0 Å². The largest absolute Gasteiger partial charge is 0.477 e. The molecular weight excluding hydrogens is 422 g/mol. The van der Waals surface area contributed by atoms with Gasteiger partial charge in [0.2, 0.25) is 5.69 Å². The van der Waals surface area contributed by atoms with Crippen LogP contribution in [0.2, 0.25) is 0 Å². The van der Waals surface area contributed by atoms with E-state index in [-0.39, 0.29) is 35.9 Å². The maximum atomic E-state index is 12.6. The second kappa shape index (κ2) is 8.14. The highest BCUT2D eigenvalue weighted by Gasteiger charge is 2.54. The maximum Gasteiger partial charge on any atom is 0.352 e. The minimum absolute atomic E-state index is 0.169. The zero-order chi connectivity index (χ0) is 22.2. The Balaban J connectivity index is 1.81. The molecule has 2 atom stereocenters. The Labute approximate surface area is 173 Å². The zero-order valence-corrected chi connectivity index (χ0v) is 16.7. The van der Waals surface area contributed by atoms with Crippen molar-refractivity contribution >= 4 is 41.2 Å². The van der Waals surface area contributed by atoms with Crippen LogP contribution in [-0.2, 0) is 25.7 Å². The summed E-state index contributed by atoms with van der Waals surface area (Å²) in [5.41, 5.74) is -0.819. The van der Waals surface area contributed by atoms with Crippen LogP contribution in [0.15, 0.2) is 17.5 Å². The lowest BCUT2D eigenvalue weighted by Gasteiger charge is -2.49. The Hall–Kier alpha value is -3.42. The summed E-state index contributed by atoms with van der Waals surface area (Å²) in [7, 11) is 0. The highest BCUT2D eigenvalue weighted by atomic mass is 32.2. The third kappa shape index (κ3) is 3.60. The number of hydrogen-bond acceptors (Lipinski definition) is 9. The van der Waals surface area contributed by atoms with Gasteiger partial charge in [0.25, 0.3) is 11.8 Å². The molecule has 2 aliphatic heterocycles. The molecule has 160 valence electrons. The molecule has 3 rings (SSSR count). The fourth-order valence-electron chi connectivity index (χ4n) is 3.18. The third-order valence-electron chi connectivity index (χ3n) is 4.52. The second-order valence-electron chi connectivity index (χ2n) is 6.35. The van der Waals surface area contributed by atoms with E-state index in [1.54, 1.807) is 6.92 Å². The van der Waals surface area contributed by atoms with Crippen molar-refractivity contribution in [2.24, 2.45) is 0 Å². The first kappa shape index (κ1) is 21.3. The Morgan fingerprint density at radius 1 is 1.47 bits per heavy atom. The van der Waals surface area contributed by atoms with Gasteiger partial charge >= 0.3 is 17.6 Å². The SMILES string of the molecule is CCn1ncc([N+](=O)[O-])c1C(=O)NC1C(=O)N2C(C(=O)O)=C(COC(C)=O)CSC12. The van der Waals surface area contributed by atoms with E-state index in [1.165, 1.54) is 18.7 Å². The number of esters is 1. The lowest BCUT2D eigenvalue weighted by atomic mass is 10.0. The minimum Gasteiger partial charge on any atom is -0.477 e. The number of fused-ring (bicyclic) bond motifs is 1. The summed E-state index contributed by atoms with van der Waals surface area (Å²) < 4.78 is 5.99. The van der Waals surface area contributed by atoms with E-state index in [0.29, 0.717) is 0 Å². The van der Waals surface area contributed by atoms with E-state index in [2.05, 4.69) is 10.4 Å². The van der Waals surface area contributed by atoms with Gasteiger partial charge in [-0.1, -0.05) is 0 Å². The molecule has 0 saturated carbocycles. The molecule has 0 aromatic carbocycles. The van der Waals surface area contributed by atoms with Gasteiger partial charge in [-0.05, 0) is 6.92 Å². The molecule has 30 heavy (non-hydrogen) atoms. The van der Waals surface area contributed by atoms with Crippen LogP contribution < -0.4 is 5.32 Å². The van der Waals surface area contributed by atoms with Crippen LogP contribution in [0, 0.1) is 10.1 Å². The van der Waals surface area contributed by atoms with Crippen molar-refractivity contribution in [2.75, 3.05) is 12.4 Å². The van der Waals surface area contributed by atoms with Crippen molar-refractivity contribution in [3.63, 3.8) is 0 Å². The first-order chi connectivity index (χ1) is 14.2. The number of carbonyl (C=O) groups excluding carboxylic acids is 3. The molecule has 0 spiro atoms. The first-order valence-electron chi connectivity index (χ1n) is 8.71. The van der Waals surface area contributed by atoms with Crippen LogP contribution in [0.25, 0.3) is 0 Å². The van der Waals surface area contributed by atoms with Crippen LogP contribution in [0.4, 0.5) is 5.69 Å². The Morgan fingerprint density at radius 2 is 2.17 bits per heavy atom. The number of nitrogens with zero attached hydrogens (tertiary/aromatic N) is 4. The minimum atomic E-state index is -1.36. The third-order valence-corrected chi connectivity index (χ3v) is 5.86. The smallest absolute Gasteiger partial charge is 0.352 e. The summed E-state index contributed by atoms with van der Waals surface area (Å²) >= 11 is 1.19. The molecule has 0 radical (unpaired) electrons. The van der Waals surface area contributed by atoms with Crippen LogP contribution in [0.1, 0.15) is 24.3 Å².